The van der Waals surface area contributed by atoms with E-state index in [1.165, 1.54) is 22.7 Å². The molecule has 4 atom stereocenters. The maximum atomic E-state index is 16.1. The number of nitriles is 8. The van der Waals surface area contributed by atoms with Gasteiger partial charge in [0.1, 0.15) is 23.7 Å². The molecule has 4 unspecified atom stereocenters. The first kappa shape index (κ1) is 46.0. The molecule has 0 saturated carbocycles. The van der Waals surface area contributed by atoms with Crippen molar-refractivity contribution in [3.8, 4) is 77.8 Å². The second kappa shape index (κ2) is 19.2. The van der Waals surface area contributed by atoms with Crippen LogP contribution < -0.4 is 0 Å². The molecule has 0 N–H and O–H groups in total. The SMILES string of the molecule is CCCCCCc1cc(-c2cc(CCCCCC)c(-c3cc4c(s3)C(C(C#N)C#N)C(F)(F)C4C(C#N)C#N)s2)sc1-c1cc2c(s1)C(C(C#N)C#N)C(F)(F)C2C(C#N)C#N. The Balaban J connectivity index is 1.50. The van der Waals surface area contributed by atoms with Gasteiger partial charge < -0.3 is 0 Å². The number of aryl methyl sites for hydroxylation is 2. The number of hydrogen-bond acceptors (Lipinski definition) is 12. The van der Waals surface area contributed by atoms with Crippen LogP contribution in [0.1, 0.15) is 121 Å². The second-order valence-electron chi connectivity index (χ2n) is 15.6. The molecule has 0 saturated heterocycles. The highest BCUT2D eigenvalue weighted by atomic mass is 32.1. The van der Waals surface area contributed by atoms with E-state index in [1.807, 2.05) is 0 Å². The second-order valence-corrected chi connectivity index (χ2v) is 19.9. The van der Waals surface area contributed by atoms with Crippen LogP contribution >= 0.6 is 45.3 Å². The summed E-state index contributed by atoms with van der Waals surface area (Å²) in [5, 5.41) is 78.2. The number of rotatable bonds is 17. The van der Waals surface area contributed by atoms with Crippen molar-refractivity contribution in [2.24, 2.45) is 23.7 Å². The summed E-state index contributed by atoms with van der Waals surface area (Å²) < 4.78 is 64.5. The summed E-state index contributed by atoms with van der Waals surface area (Å²) in [5.74, 6) is -21.5. The van der Waals surface area contributed by atoms with Gasteiger partial charge in [0.15, 0.2) is 0 Å². The van der Waals surface area contributed by atoms with Crippen molar-refractivity contribution in [3.05, 3.63) is 56.3 Å². The molecule has 4 heterocycles. The van der Waals surface area contributed by atoms with Crippen molar-refractivity contribution < 1.29 is 17.6 Å². The number of hydrogen-bond donors (Lipinski definition) is 0. The summed E-state index contributed by atoms with van der Waals surface area (Å²) in [4.78, 5) is 4.87. The van der Waals surface area contributed by atoms with Gasteiger partial charge in [-0.2, -0.15) is 42.1 Å². The van der Waals surface area contributed by atoms with Crippen LogP contribution in [-0.4, -0.2) is 11.8 Å². The average Bonchev–Trinajstić information content (AvgIpc) is 4.11. The number of alkyl halides is 4. The third kappa shape index (κ3) is 8.11. The van der Waals surface area contributed by atoms with Crippen LogP contribution in [-0.2, 0) is 12.8 Å². The van der Waals surface area contributed by atoms with Crippen molar-refractivity contribution >= 4 is 45.3 Å². The first-order valence-electron chi connectivity index (χ1n) is 20.3. The van der Waals surface area contributed by atoms with E-state index in [4.69, 9.17) is 0 Å². The average molecular weight is 907 g/mol. The fourth-order valence-electron chi connectivity index (χ4n) is 8.82. The fourth-order valence-corrected chi connectivity index (χ4v) is 14.4. The molecule has 0 bridgehead atoms. The van der Waals surface area contributed by atoms with E-state index < -0.39 is 59.2 Å². The highest BCUT2D eigenvalue weighted by molar-refractivity contribution is 7.28. The van der Waals surface area contributed by atoms with Gasteiger partial charge in [-0.05, 0) is 72.2 Å². The quantitative estimate of drug-likeness (QED) is 0.0738. The molecule has 8 nitrogen and oxygen atoms in total. The summed E-state index contributed by atoms with van der Waals surface area (Å²) >= 11 is 5.03. The molecule has 0 aromatic carbocycles. The van der Waals surface area contributed by atoms with Gasteiger partial charge in [-0.1, -0.05) is 52.4 Å². The summed E-state index contributed by atoms with van der Waals surface area (Å²) in [6.07, 6.45) is 9.04. The fraction of sp³-hybridized carbons (Fsp3) is 0.478. The molecule has 0 amide bonds. The predicted octanol–water partition coefficient (Wildman–Crippen LogP) is 13.5. The molecule has 62 heavy (non-hydrogen) atoms. The van der Waals surface area contributed by atoms with Gasteiger partial charge in [0.2, 0.25) is 0 Å². The third-order valence-corrected chi connectivity index (χ3v) is 17.2. The van der Waals surface area contributed by atoms with Crippen molar-refractivity contribution in [1.29, 1.82) is 42.1 Å². The minimum atomic E-state index is -3.69. The Hall–Kier alpha value is -5.56. The summed E-state index contributed by atoms with van der Waals surface area (Å²) in [6, 6.07) is 21.0. The molecule has 2 aliphatic carbocycles. The van der Waals surface area contributed by atoms with Gasteiger partial charge in [-0.25, -0.2) is 17.6 Å². The molecule has 0 radical (unpaired) electrons. The van der Waals surface area contributed by atoms with E-state index in [0.29, 0.717) is 22.6 Å². The zero-order valence-corrected chi connectivity index (χ0v) is 37.0. The van der Waals surface area contributed by atoms with Crippen LogP contribution in [0.5, 0.6) is 0 Å². The number of fused-ring (bicyclic) bond motifs is 2. The minimum Gasteiger partial charge on any atom is -0.205 e. The van der Waals surface area contributed by atoms with E-state index in [0.717, 1.165) is 105 Å². The van der Waals surface area contributed by atoms with Gasteiger partial charge in [0.25, 0.3) is 11.8 Å². The van der Waals surface area contributed by atoms with Gasteiger partial charge >= 0.3 is 0 Å². The summed E-state index contributed by atoms with van der Waals surface area (Å²) in [5.41, 5.74) is 2.13. The standard InChI is InChI=1S/C46H38F4N8S4/c1-3-5-7-9-11-25-13-33(59-41(25)35-15-31-37(27(17-51)18-52)45(47,48)39(43(31)61-35)29(21-55)22-56)34-14-26(12-10-8-6-4-2)42(60-34)36-16-32-38(28(19-53)20-54)46(49,50)40(44(32)62-36)30(23-57)24-58/h13-16,27-30,37-40H,3-12H2,1-2H3. The Kier molecular flexibility index (Phi) is 14.3. The lowest BCUT2D eigenvalue weighted by Crippen LogP contribution is -2.34. The number of thiophene rings is 4. The van der Waals surface area contributed by atoms with Gasteiger partial charge in [-0.3, -0.25) is 0 Å². The normalized spacial score (nSPS) is 19.2. The first-order valence-corrected chi connectivity index (χ1v) is 23.6. The van der Waals surface area contributed by atoms with Gasteiger partial charge in [0, 0.05) is 39.0 Å². The van der Waals surface area contributed by atoms with E-state index in [1.54, 1.807) is 60.7 Å². The van der Waals surface area contributed by atoms with Crippen LogP contribution in [0.15, 0.2) is 24.3 Å². The van der Waals surface area contributed by atoms with Crippen molar-refractivity contribution in [3.63, 3.8) is 0 Å². The lowest BCUT2D eigenvalue weighted by Gasteiger charge is -2.26. The maximum absolute atomic E-state index is 16.1. The molecule has 6 rings (SSSR count). The van der Waals surface area contributed by atoms with E-state index >= 15 is 17.6 Å². The molecular weight excluding hydrogens is 869 g/mol. The first-order chi connectivity index (χ1) is 29.8. The Morgan fingerprint density at radius 3 is 1.08 bits per heavy atom. The number of nitrogens with zero attached hydrogens (tertiary/aromatic N) is 8. The molecule has 16 heteroatoms. The van der Waals surface area contributed by atoms with Crippen molar-refractivity contribution in [2.75, 3.05) is 0 Å². The zero-order valence-electron chi connectivity index (χ0n) is 33.7. The Morgan fingerprint density at radius 1 is 0.452 bits per heavy atom. The highest BCUT2D eigenvalue weighted by Crippen LogP contribution is 2.64. The molecule has 4 aromatic heterocycles. The summed E-state index contributed by atoms with van der Waals surface area (Å²) in [7, 11) is 0. The van der Waals surface area contributed by atoms with Crippen LogP contribution in [0.25, 0.3) is 29.3 Å². The van der Waals surface area contributed by atoms with Crippen LogP contribution in [0.2, 0.25) is 0 Å². The topological polar surface area (TPSA) is 190 Å². The molecule has 0 fully saturated rings. The Bertz CT molecular complexity index is 2310. The predicted molar refractivity (Wildman–Crippen MR) is 230 cm³/mol. The Morgan fingerprint density at radius 2 is 0.774 bits per heavy atom. The van der Waals surface area contributed by atoms with E-state index in [2.05, 4.69) is 26.0 Å². The highest BCUT2D eigenvalue weighted by Gasteiger charge is 2.63. The number of unbranched alkanes of at least 4 members (excludes halogenated alkanes) is 6. The van der Waals surface area contributed by atoms with Crippen LogP contribution in [0.4, 0.5) is 17.6 Å². The Labute approximate surface area is 374 Å². The van der Waals surface area contributed by atoms with E-state index in [9.17, 15) is 42.1 Å². The monoisotopic (exact) mass is 906 g/mol. The number of halogens is 4. The molecule has 314 valence electrons. The van der Waals surface area contributed by atoms with Crippen LogP contribution in [0.3, 0.4) is 0 Å². The van der Waals surface area contributed by atoms with Gasteiger partial charge in [-0.15, -0.1) is 45.3 Å². The minimum absolute atomic E-state index is 0.0984. The van der Waals surface area contributed by atoms with Gasteiger partial charge in [0.05, 0.1) is 72.2 Å². The van der Waals surface area contributed by atoms with Crippen molar-refractivity contribution in [2.45, 2.75) is 114 Å². The molecule has 4 aromatic rings. The molecule has 0 aliphatic heterocycles. The molecular formula is C46H38F4N8S4. The zero-order chi connectivity index (χ0) is 44.9. The lowest BCUT2D eigenvalue weighted by atomic mass is 9.82. The molecule has 2 aliphatic rings. The van der Waals surface area contributed by atoms with E-state index in [-0.39, 0.29) is 20.9 Å². The smallest absolute Gasteiger partial charge is 0.205 e. The largest absolute Gasteiger partial charge is 0.267 e. The van der Waals surface area contributed by atoms with Crippen LogP contribution in [0, 0.1) is 114 Å². The maximum Gasteiger partial charge on any atom is 0.267 e. The lowest BCUT2D eigenvalue weighted by molar-refractivity contribution is -0.0517. The third-order valence-electron chi connectivity index (χ3n) is 11.8. The summed E-state index contributed by atoms with van der Waals surface area (Å²) in [6.45, 7) is 4.21. The van der Waals surface area contributed by atoms with Crippen molar-refractivity contribution in [1.82, 2.24) is 0 Å². The molecule has 0 spiro atoms.